The Labute approximate surface area is 114 Å². The zero-order chi connectivity index (χ0) is 13.2. The summed E-state index contributed by atoms with van der Waals surface area (Å²) < 4.78 is 2.34. The van der Waals surface area contributed by atoms with E-state index in [0.717, 1.165) is 6.42 Å². The molecule has 0 spiro atoms. The first-order valence-corrected chi connectivity index (χ1v) is 7.23. The molecule has 3 nitrogen and oxygen atoms in total. The van der Waals surface area contributed by atoms with E-state index >= 15 is 0 Å². The van der Waals surface area contributed by atoms with E-state index in [-0.39, 0.29) is 6.10 Å². The van der Waals surface area contributed by atoms with E-state index in [0.29, 0.717) is 13.1 Å². The van der Waals surface area contributed by atoms with E-state index in [1.54, 1.807) is 0 Å². The van der Waals surface area contributed by atoms with Gasteiger partial charge in [0.25, 0.3) is 0 Å². The number of aliphatic hydroxyl groups excluding tert-OH is 1. The summed E-state index contributed by atoms with van der Waals surface area (Å²) in [4.78, 5) is 0. The van der Waals surface area contributed by atoms with Crippen LogP contribution in [0.3, 0.4) is 0 Å². The van der Waals surface area contributed by atoms with E-state index in [9.17, 15) is 5.11 Å². The number of aliphatic hydroxyl groups is 1. The molecule has 0 bridgehead atoms. The third kappa shape index (κ3) is 2.28. The number of hydrogen-bond acceptors (Lipinski definition) is 2. The van der Waals surface area contributed by atoms with Crippen molar-refractivity contribution in [2.24, 2.45) is 0 Å². The maximum Gasteiger partial charge on any atom is 0.0843 e. The molecule has 0 saturated carbocycles. The molecule has 102 valence electrons. The molecule has 1 heterocycles. The highest BCUT2D eigenvalue weighted by atomic mass is 16.3. The molecule has 0 unspecified atom stereocenters. The number of hydrogen-bond donors (Lipinski definition) is 2. The Bertz CT molecular complexity index is 573. The molecule has 1 aliphatic rings. The van der Waals surface area contributed by atoms with Crippen molar-refractivity contribution >= 4 is 10.9 Å². The van der Waals surface area contributed by atoms with Gasteiger partial charge in [-0.1, -0.05) is 18.2 Å². The molecular weight excluding hydrogens is 236 g/mol. The SMILES string of the molecule is CNC[C@H](O)Cn1c2c(c3ccccc31)CCCC2. The molecule has 2 N–H and O–H groups in total. The zero-order valence-electron chi connectivity index (χ0n) is 11.5. The van der Waals surface area contributed by atoms with Crippen molar-refractivity contribution in [3.63, 3.8) is 0 Å². The van der Waals surface area contributed by atoms with Gasteiger partial charge in [0.05, 0.1) is 12.6 Å². The standard InChI is InChI=1S/C16H22N2O/c1-17-10-12(19)11-18-15-8-4-2-6-13(15)14-7-3-5-9-16(14)18/h2,4,6,8,12,17,19H,3,5,7,9-11H2,1H3/t12-/m0/s1. The second-order valence-electron chi connectivity index (χ2n) is 5.47. The van der Waals surface area contributed by atoms with E-state index < -0.39 is 0 Å². The largest absolute Gasteiger partial charge is 0.390 e. The minimum atomic E-state index is -0.327. The van der Waals surface area contributed by atoms with Gasteiger partial charge in [-0.15, -0.1) is 0 Å². The van der Waals surface area contributed by atoms with Gasteiger partial charge in [0.1, 0.15) is 0 Å². The summed E-state index contributed by atoms with van der Waals surface area (Å²) >= 11 is 0. The van der Waals surface area contributed by atoms with Gasteiger partial charge in [0.2, 0.25) is 0 Å². The number of nitrogens with one attached hydrogen (secondary N) is 1. The Morgan fingerprint density at radius 1 is 1.26 bits per heavy atom. The Hall–Kier alpha value is -1.32. The fourth-order valence-electron chi connectivity index (χ4n) is 3.31. The Morgan fingerprint density at radius 3 is 2.89 bits per heavy atom. The van der Waals surface area contributed by atoms with Gasteiger partial charge in [-0.2, -0.15) is 0 Å². The number of aromatic nitrogens is 1. The Balaban J connectivity index is 2.06. The molecule has 1 atom stereocenters. The molecule has 0 saturated heterocycles. The highest BCUT2D eigenvalue weighted by molar-refractivity contribution is 5.85. The maximum absolute atomic E-state index is 10.1. The van der Waals surface area contributed by atoms with Crippen molar-refractivity contribution < 1.29 is 5.11 Å². The van der Waals surface area contributed by atoms with Crippen LogP contribution in [0, 0.1) is 0 Å². The molecule has 0 fully saturated rings. The molecule has 19 heavy (non-hydrogen) atoms. The van der Waals surface area contributed by atoms with Crippen LogP contribution >= 0.6 is 0 Å². The van der Waals surface area contributed by atoms with Crippen molar-refractivity contribution in [2.75, 3.05) is 13.6 Å². The number of nitrogens with zero attached hydrogens (tertiary/aromatic N) is 1. The summed E-state index contributed by atoms with van der Waals surface area (Å²) in [5.74, 6) is 0. The predicted molar refractivity (Wildman–Crippen MR) is 78.5 cm³/mol. The molecule has 1 aromatic heterocycles. The Morgan fingerprint density at radius 2 is 2.05 bits per heavy atom. The number of aryl methyl sites for hydroxylation is 1. The topological polar surface area (TPSA) is 37.2 Å². The fraction of sp³-hybridized carbons (Fsp3) is 0.500. The summed E-state index contributed by atoms with van der Waals surface area (Å²) in [6, 6.07) is 8.61. The normalized spacial score (nSPS) is 16.5. The van der Waals surface area contributed by atoms with Gasteiger partial charge in [0.15, 0.2) is 0 Å². The first-order valence-electron chi connectivity index (χ1n) is 7.23. The number of para-hydroxylation sites is 1. The molecule has 3 heteroatoms. The molecule has 0 aliphatic heterocycles. The number of fused-ring (bicyclic) bond motifs is 3. The van der Waals surface area contributed by atoms with E-state index in [4.69, 9.17) is 0 Å². The number of rotatable bonds is 4. The van der Waals surface area contributed by atoms with Crippen LogP contribution in [-0.4, -0.2) is 29.4 Å². The minimum Gasteiger partial charge on any atom is -0.390 e. The van der Waals surface area contributed by atoms with Crippen LogP contribution in [0.2, 0.25) is 0 Å². The van der Waals surface area contributed by atoms with Crippen molar-refractivity contribution in [1.82, 2.24) is 9.88 Å². The van der Waals surface area contributed by atoms with Crippen LogP contribution in [-0.2, 0) is 19.4 Å². The van der Waals surface area contributed by atoms with Crippen molar-refractivity contribution in [2.45, 2.75) is 38.3 Å². The highest BCUT2D eigenvalue weighted by Crippen LogP contribution is 2.32. The van der Waals surface area contributed by atoms with Crippen LogP contribution in [0.25, 0.3) is 10.9 Å². The number of benzene rings is 1. The third-order valence-electron chi connectivity index (χ3n) is 4.12. The molecule has 0 radical (unpaired) electrons. The van der Waals surface area contributed by atoms with Gasteiger partial charge in [0, 0.05) is 23.1 Å². The lowest BCUT2D eigenvalue weighted by atomic mass is 9.95. The quantitative estimate of drug-likeness (QED) is 0.881. The molecule has 3 rings (SSSR count). The van der Waals surface area contributed by atoms with Gasteiger partial charge in [-0.05, 0) is 44.4 Å². The Kier molecular flexibility index (Phi) is 3.58. The summed E-state index contributed by atoms with van der Waals surface area (Å²) in [6.07, 6.45) is 4.57. The lowest BCUT2D eigenvalue weighted by Gasteiger charge is -2.18. The van der Waals surface area contributed by atoms with E-state index in [1.807, 2.05) is 7.05 Å². The predicted octanol–water partition coefficient (Wildman–Crippen LogP) is 2.10. The minimum absolute atomic E-state index is 0.327. The van der Waals surface area contributed by atoms with Crippen LogP contribution in [0.1, 0.15) is 24.1 Å². The molecule has 0 amide bonds. The lowest BCUT2D eigenvalue weighted by Crippen LogP contribution is -2.28. The second-order valence-corrected chi connectivity index (χ2v) is 5.47. The maximum atomic E-state index is 10.1. The summed E-state index contributed by atoms with van der Waals surface area (Å²) in [5.41, 5.74) is 4.24. The van der Waals surface area contributed by atoms with Crippen LogP contribution in [0.5, 0.6) is 0 Å². The van der Waals surface area contributed by atoms with Gasteiger partial charge >= 0.3 is 0 Å². The van der Waals surface area contributed by atoms with Crippen molar-refractivity contribution in [3.05, 3.63) is 35.5 Å². The van der Waals surface area contributed by atoms with Crippen molar-refractivity contribution in [3.8, 4) is 0 Å². The second kappa shape index (κ2) is 5.35. The summed E-state index contributed by atoms with van der Waals surface area (Å²) in [6.45, 7) is 1.33. The van der Waals surface area contributed by atoms with Crippen LogP contribution in [0.4, 0.5) is 0 Å². The zero-order valence-corrected chi connectivity index (χ0v) is 11.5. The van der Waals surface area contributed by atoms with Crippen LogP contribution in [0.15, 0.2) is 24.3 Å². The average Bonchev–Trinajstić information content (AvgIpc) is 2.75. The molecule has 1 aliphatic carbocycles. The fourth-order valence-corrected chi connectivity index (χ4v) is 3.31. The van der Waals surface area contributed by atoms with E-state index in [1.165, 1.54) is 41.4 Å². The van der Waals surface area contributed by atoms with Crippen LogP contribution < -0.4 is 5.32 Å². The highest BCUT2D eigenvalue weighted by Gasteiger charge is 2.20. The van der Waals surface area contributed by atoms with Crippen molar-refractivity contribution in [1.29, 1.82) is 0 Å². The molecular formula is C16H22N2O. The lowest BCUT2D eigenvalue weighted by molar-refractivity contribution is 0.154. The monoisotopic (exact) mass is 258 g/mol. The third-order valence-corrected chi connectivity index (χ3v) is 4.12. The van der Waals surface area contributed by atoms with Gasteiger partial charge in [-0.3, -0.25) is 0 Å². The van der Waals surface area contributed by atoms with E-state index in [2.05, 4.69) is 34.1 Å². The summed E-state index contributed by atoms with van der Waals surface area (Å²) in [7, 11) is 1.88. The van der Waals surface area contributed by atoms with Gasteiger partial charge < -0.3 is 15.0 Å². The smallest absolute Gasteiger partial charge is 0.0843 e. The van der Waals surface area contributed by atoms with Gasteiger partial charge in [-0.25, -0.2) is 0 Å². The molecule has 1 aromatic carbocycles. The molecule has 2 aromatic rings. The first kappa shape index (κ1) is 12.7. The average molecular weight is 258 g/mol. The number of likely N-dealkylation sites (N-methyl/N-ethyl adjacent to an activating group) is 1. The first-order chi connectivity index (χ1) is 9.31. The summed E-state index contributed by atoms with van der Waals surface area (Å²) in [5, 5.41) is 14.5.